The lowest BCUT2D eigenvalue weighted by Gasteiger charge is -2.32. The van der Waals surface area contributed by atoms with Crippen molar-refractivity contribution in [1.29, 1.82) is 0 Å². The first kappa shape index (κ1) is 18.2. The minimum Gasteiger partial charge on any atom is -0.349 e. The van der Waals surface area contributed by atoms with Crippen LogP contribution in [0.5, 0.6) is 0 Å². The lowest BCUT2D eigenvalue weighted by atomic mass is 9.72. The standard InChI is InChI=1S/C20H28N2O2/c1-14(7-8-17-15(2)6-5-10-20(17,3)4)9-11-21-18(23)12-16-13-19(24)22-16/h7-9,12H,5-6,10-11,13H2,1-4H3,(H,21,23)(H,22,24)/b8-7+,14-9-,16-12-. The van der Waals surface area contributed by atoms with Crippen LogP contribution in [-0.4, -0.2) is 18.4 Å². The van der Waals surface area contributed by atoms with Gasteiger partial charge < -0.3 is 10.6 Å². The van der Waals surface area contributed by atoms with Gasteiger partial charge in [-0.2, -0.15) is 0 Å². The predicted molar refractivity (Wildman–Crippen MR) is 97.1 cm³/mol. The summed E-state index contributed by atoms with van der Waals surface area (Å²) in [4.78, 5) is 22.4. The molecule has 24 heavy (non-hydrogen) atoms. The van der Waals surface area contributed by atoms with Crippen LogP contribution in [0, 0.1) is 5.41 Å². The van der Waals surface area contributed by atoms with Gasteiger partial charge in [-0.15, -0.1) is 0 Å². The molecule has 2 aliphatic rings. The molecule has 0 spiro atoms. The van der Waals surface area contributed by atoms with Crippen molar-refractivity contribution in [3.8, 4) is 0 Å². The third kappa shape index (κ3) is 4.95. The largest absolute Gasteiger partial charge is 0.349 e. The maximum Gasteiger partial charge on any atom is 0.245 e. The van der Waals surface area contributed by atoms with Crippen molar-refractivity contribution in [3.63, 3.8) is 0 Å². The third-order valence-corrected chi connectivity index (χ3v) is 4.71. The van der Waals surface area contributed by atoms with Gasteiger partial charge >= 0.3 is 0 Å². The second kappa shape index (κ2) is 7.65. The van der Waals surface area contributed by atoms with Crippen molar-refractivity contribution in [2.75, 3.05) is 6.54 Å². The molecule has 0 atom stereocenters. The summed E-state index contributed by atoms with van der Waals surface area (Å²) in [6.07, 6.45) is 11.8. The zero-order valence-electron chi connectivity index (χ0n) is 15.2. The Balaban J connectivity index is 1.86. The molecule has 0 aromatic heterocycles. The molecule has 4 heteroatoms. The second-order valence-corrected chi connectivity index (χ2v) is 7.35. The number of nitrogens with one attached hydrogen (secondary N) is 2. The molecule has 4 nitrogen and oxygen atoms in total. The first-order valence-electron chi connectivity index (χ1n) is 8.61. The van der Waals surface area contributed by atoms with Gasteiger partial charge in [-0.25, -0.2) is 0 Å². The van der Waals surface area contributed by atoms with Crippen molar-refractivity contribution in [2.45, 2.75) is 53.4 Å². The number of carbonyl (C=O) groups excluding carboxylic acids is 2. The van der Waals surface area contributed by atoms with Crippen molar-refractivity contribution in [3.05, 3.63) is 46.7 Å². The molecule has 0 unspecified atom stereocenters. The van der Waals surface area contributed by atoms with E-state index in [0.717, 1.165) is 5.57 Å². The molecule has 1 aliphatic carbocycles. The summed E-state index contributed by atoms with van der Waals surface area (Å²) in [6, 6.07) is 0. The highest BCUT2D eigenvalue weighted by molar-refractivity contribution is 5.94. The first-order valence-corrected chi connectivity index (χ1v) is 8.61. The summed E-state index contributed by atoms with van der Waals surface area (Å²) < 4.78 is 0. The van der Waals surface area contributed by atoms with E-state index in [1.165, 1.54) is 36.5 Å². The number of amides is 2. The lowest BCUT2D eigenvalue weighted by Crippen LogP contribution is -2.36. The zero-order valence-corrected chi connectivity index (χ0v) is 15.2. The van der Waals surface area contributed by atoms with Crippen LogP contribution in [0.15, 0.2) is 46.7 Å². The van der Waals surface area contributed by atoms with Gasteiger partial charge in [0, 0.05) is 18.3 Å². The topological polar surface area (TPSA) is 58.2 Å². The van der Waals surface area contributed by atoms with Gasteiger partial charge in [-0.3, -0.25) is 9.59 Å². The SMILES string of the molecule is CC1=C(/C=C/C(C)=C\CNC(=O)/C=C2/CC(=O)N2)C(C)(C)CCC1. The summed E-state index contributed by atoms with van der Waals surface area (Å²) >= 11 is 0. The van der Waals surface area contributed by atoms with Gasteiger partial charge in [0.25, 0.3) is 0 Å². The lowest BCUT2D eigenvalue weighted by molar-refractivity contribution is -0.123. The van der Waals surface area contributed by atoms with Crippen LogP contribution in [0.25, 0.3) is 0 Å². The highest BCUT2D eigenvalue weighted by Crippen LogP contribution is 2.40. The monoisotopic (exact) mass is 328 g/mol. The second-order valence-electron chi connectivity index (χ2n) is 7.35. The molecule has 0 saturated carbocycles. The van der Waals surface area contributed by atoms with Crippen molar-refractivity contribution < 1.29 is 9.59 Å². The van der Waals surface area contributed by atoms with E-state index >= 15 is 0 Å². The number of rotatable bonds is 5. The van der Waals surface area contributed by atoms with Crippen LogP contribution >= 0.6 is 0 Å². The molecule has 1 fully saturated rings. The van der Waals surface area contributed by atoms with Gasteiger partial charge in [0.2, 0.25) is 11.8 Å². The quantitative estimate of drug-likeness (QED) is 0.461. The van der Waals surface area contributed by atoms with Crippen molar-refractivity contribution >= 4 is 11.8 Å². The molecule has 1 aliphatic heterocycles. The highest BCUT2D eigenvalue weighted by atomic mass is 16.2. The fourth-order valence-electron chi connectivity index (χ4n) is 3.24. The number of carbonyl (C=O) groups is 2. The van der Waals surface area contributed by atoms with E-state index in [0.29, 0.717) is 18.7 Å². The average Bonchev–Trinajstić information content (AvgIpc) is 2.44. The van der Waals surface area contributed by atoms with E-state index in [1.54, 1.807) is 0 Å². The number of hydrogen-bond donors (Lipinski definition) is 2. The summed E-state index contributed by atoms with van der Waals surface area (Å²) in [6.45, 7) is 9.36. The number of β-lactam (4-membered cyclic amide) rings is 1. The maximum absolute atomic E-state index is 11.7. The van der Waals surface area contributed by atoms with Gasteiger partial charge in [0.15, 0.2) is 0 Å². The van der Waals surface area contributed by atoms with E-state index < -0.39 is 0 Å². The van der Waals surface area contributed by atoms with E-state index in [-0.39, 0.29) is 17.2 Å². The van der Waals surface area contributed by atoms with Crippen LogP contribution in [0.2, 0.25) is 0 Å². The van der Waals surface area contributed by atoms with Crippen LogP contribution in [0.3, 0.4) is 0 Å². The zero-order chi connectivity index (χ0) is 17.7. The Labute approximate surface area is 144 Å². The molecule has 0 radical (unpaired) electrons. The fraction of sp³-hybridized carbons (Fsp3) is 0.500. The smallest absolute Gasteiger partial charge is 0.245 e. The molecule has 0 aromatic carbocycles. The summed E-state index contributed by atoms with van der Waals surface area (Å²) in [7, 11) is 0. The normalized spacial score (nSPS) is 22.6. The Morgan fingerprint density at radius 1 is 1.38 bits per heavy atom. The molecule has 130 valence electrons. The van der Waals surface area contributed by atoms with E-state index in [4.69, 9.17) is 0 Å². The van der Waals surface area contributed by atoms with Crippen LogP contribution in [0.4, 0.5) is 0 Å². The van der Waals surface area contributed by atoms with E-state index in [9.17, 15) is 9.59 Å². The van der Waals surface area contributed by atoms with Gasteiger partial charge in [0.05, 0.1) is 6.42 Å². The molecule has 2 rings (SSSR count). The molecule has 0 aromatic rings. The van der Waals surface area contributed by atoms with E-state index in [2.05, 4.69) is 43.6 Å². The fourth-order valence-corrected chi connectivity index (χ4v) is 3.24. The summed E-state index contributed by atoms with van der Waals surface area (Å²) in [5.41, 5.74) is 4.97. The number of hydrogen-bond acceptors (Lipinski definition) is 2. The predicted octanol–water partition coefficient (Wildman–Crippen LogP) is 3.54. The Kier molecular flexibility index (Phi) is 5.81. The molecular weight excluding hydrogens is 300 g/mol. The van der Waals surface area contributed by atoms with Gasteiger partial charge in [-0.1, -0.05) is 43.2 Å². The number of allylic oxidation sites excluding steroid dienone is 5. The Hall–Kier alpha value is -2.10. The van der Waals surface area contributed by atoms with Gasteiger partial charge in [0.1, 0.15) is 0 Å². The van der Waals surface area contributed by atoms with Crippen LogP contribution < -0.4 is 10.6 Å². The maximum atomic E-state index is 11.7. The molecule has 2 amide bonds. The summed E-state index contributed by atoms with van der Waals surface area (Å²) in [5, 5.41) is 5.37. The molecule has 0 bridgehead atoms. The first-order chi connectivity index (χ1) is 11.3. The Morgan fingerprint density at radius 3 is 2.71 bits per heavy atom. The minimum atomic E-state index is -0.176. The molecule has 2 N–H and O–H groups in total. The van der Waals surface area contributed by atoms with Crippen LogP contribution in [0.1, 0.15) is 53.4 Å². The average molecular weight is 328 g/mol. The molecule has 1 heterocycles. The van der Waals surface area contributed by atoms with Crippen LogP contribution in [-0.2, 0) is 9.59 Å². The Morgan fingerprint density at radius 2 is 2.08 bits per heavy atom. The molecular formula is C20H28N2O2. The molecule has 1 saturated heterocycles. The summed E-state index contributed by atoms with van der Waals surface area (Å²) in [5.74, 6) is -0.213. The van der Waals surface area contributed by atoms with Crippen molar-refractivity contribution in [1.82, 2.24) is 10.6 Å². The minimum absolute atomic E-state index is 0.0369. The highest BCUT2D eigenvalue weighted by Gasteiger charge is 2.26. The van der Waals surface area contributed by atoms with E-state index in [1.807, 2.05) is 13.0 Å². The Bertz CT molecular complexity index is 639. The van der Waals surface area contributed by atoms with Gasteiger partial charge in [-0.05, 0) is 44.1 Å². The third-order valence-electron chi connectivity index (χ3n) is 4.71. The van der Waals surface area contributed by atoms with Crippen molar-refractivity contribution in [2.24, 2.45) is 5.41 Å².